The summed E-state index contributed by atoms with van der Waals surface area (Å²) in [5.41, 5.74) is 1.08. The molecule has 1 aromatic carbocycles. The van der Waals surface area contributed by atoms with E-state index in [1.54, 1.807) is 30.5 Å². The van der Waals surface area contributed by atoms with Gasteiger partial charge in [0.25, 0.3) is 0 Å². The molecule has 0 aliphatic rings. The van der Waals surface area contributed by atoms with Crippen molar-refractivity contribution < 1.29 is 19.0 Å². The van der Waals surface area contributed by atoms with Crippen LogP contribution in [0.25, 0.3) is 0 Å². The molecule has 5 nitrogen and oxygen atoms in total. The second-order valence-corrected chi connectivity index (χ2v) is 4.98. The van der Waals surface area contributed by atoms with Gasteiger partial charge in [-0.15, -0.1) is 0 Å². The molecule has 0 N–H and O–H groups in total. The van der Waals surface area contributed by atoms with E-state index in [0.717, 1.165) is 5.56 Å². The molecule has 0 bridgehead atoms. The third-order valence-corrected chi connectivity index (χ3v) is 2.79. The number of esters is 1. The van der Waals surface area contributed by atoms with Gasteiger partial charge in [0.15, 0.2) is 0 Å². The quantitative estimate of drug-likeness (QED) is 0.764. The van der Waals surface area contributed by atoms with Crippen LogP contribution in [-0.2, 0) is 9.53 Å². The van der Waals surface area contributed by atoms with Gasteiger partial charge in [-0.3, -0.25) is 4.79 Å². The molecule has 0 aliphatic carbocycles. The molecule has 0 spiro atoms. The van der Waals surface area contributed by atoms with Crippen molar-refractivity contribution in [3.8, 4) is 17.4 Å². The minimum Gasteiger partial charge on any atom is -0.487 e. The Kier molecular flexibility index (Phi) is 5.36. The first-order valence-corrected chi connectivity index (χ1v) is 7.03. The number of carbonyl (C=O) groups excluding carboxylic acids is 1. The molecule has 0 radical (unpaired) electrons. The topological polar surface area (TPSA) is 57.7 Å². The van der Waals surface area contributed by atoms with Gasteiger partial charge in [-0.05, 0) is 43.7 Å². The third-order valence-electron chi connectivity index (χ3n) is 2.79. The second kappa shape index (κ2) is 7.45. The molecule has 0 saturated carbocycles. The number of aryl methyl sites for hydroxylation is 1. The van der Waals surface area contributed by atoms with Crippen LogP contribution in [0.15, 0.2) is 42.6 Å². The molecule has 0 aliphatic heterocycles. The fourth-order valence-electron chi connectivity index (χ4n) is 1.72. The van der Waals surface area contributed by atoms with E-state index in [-0.39, 0.29) is 18.7 Å². The summed E-state index contributed by atoms with van der Waals surface area (Å²) >= 11 is 0. The van der Waals surface area contributed by atoms with E-state index in [2.05, 4.69) is 4.98 Å². The standard InChI is InChI=1S/C17H19NO4/c1-12-4-9-17(18-10-12)22-16-7-5-15(6-8-16)21-13(2)11-20-14(3)19/h4-10,13H,11H2,1-3H3. The summed E-state index contributed by atoms with van der Waals surface area (Å²) in [6, 6.07) is 11.0. The van der Waals surface area contributed by atoms with Crippen molar-refractivity contribution in [1.29, 1.82) is 0 Å². The van der Waals surface area contributed by atoms with Crippen molar-refractivity contribution in [2.24, 2.45) is 0 Å². The Hall–Kier alpha value is -2.56. The van der Waals surface area contributed by atoms with Gasteiger partial charge in [-0.25, -0.2) is 4.98 Å². The maximum Gasteiger partial charge on any atom is 0.302 e. The highest BCUT2D eigenvalue weighted by atomic mass is 16.6. The first kappa shape index (κ1) is 15.8. The smallest absolute Gasteiger partial charge is 0.302 e. The molecular formula is C17H19NO4. The molecule has 116 valence electrons. The van der Waals surface area contributed by atoms with E-state index in [1.807, 2.05) is 26.0 Å². The Morgan fingerprint density at radius 2 is 1.82 bits per heavy atom. The Labute approximate surface area is 129 Å². The lowest BCUT2D eigenvalue weighted by Gasteiger charge is -2.14. The SMILES string of the molecule is CC(=O)OCC(C)Oc1ccc(Oc2ccc(C)cn2)cc1. The van der Waals surface area contributed by atoms with E-state index >= 15 is 0 Å². The maximum atomic E-state index is 10.7. The number of ether oxygens (including phenoxy) is 3. The minimum absolute atomic E-state index is 0.213. The van der Waals surface area contributed by atoms with E-state index < -0.39 is 0 Å². The first-order valence-electron chi connectivity index (χ1n) is 7.03. The van der Waals surface area contributed by atoms with Crippen LogP contribution in [-0.4, -0.2) is 23.7 Å². The van der Waals surface area contributed by atoms with Crippen LogP contribution in [0.5, 0.6) is 17.4 Å². The van der Waals surface area contributed by atoms with Gasteiger partial charge >= 0.3 is 5.97 Å². The lowest BCUT2D eigenvalue weighted by Crippen LogP contribution is -2.20. The number of pyridine rings is 1. The number of aromatic nitrogens is 1. The minimum atomic E-state index is -0.315. The first-order chi connectivity index (χ1) is 10.5. The number of carbonyl (C=O) groups is 1. The Morgan fingerprint density at radius 1 is 1.14 bits per heavy atom. The fraction of sp³-hybridized carbons (Fsp3) is 0.294. The number of hydrogen-bond donors (Lipinski definition) is 0. The van der Waals surface area contributed by atoms with Crippen LogP contribution in [0.4, 0.5) is 0 Å². The summed E-state index contributed by atoms with van der Waals surface area (Å²) < 4.78 is 16.2. The van der Waals surface area contributed by atoms with Gasteiger partial charge in [-0.1, -0.05) is 6.07 Å². The number of benzene rings is 1. The van der Waals surface area contributed by atoms with Gasteiger partial charge in [0.05, 0.1) is 0 Å². The van der Waals surface area contributed by atoms with Crippen LogP contribution in [0.1, 0.15) is 19.4 Å². The molecule has 2 rings (SSSR count). The van der Waals surface area contributed by atoms with Crippen LogP contribution >= 0.6 is 0 Å². The van der Waals surface area contributed by atoms with E-state index in [9.17, 15) is 4.79 Å². The molecule has 0 amide bonds. The molecule has 1 aromatic heterocycles. The van der Waals surface area contributed by atoms with Crippen molar-refractivity contribution in [3.05, 3.63) is 48.2 Å². The predicted molar refractivity (Wildman–Crippen MR) is 82.2 cm³/mol. The largest absolute Gasteiger partial charge is 0.487 e. The lowest BCUT2D eigenvalue weighted by molar-refractivity contribution is -0.143. The van der Waals surface area contributed by atoms with E-state index in [1.165, 1.54) is 6.92 Å². The third kappa shape index (κ3) is 5.09. The molecule has 0 saturated heterocycles. The van der Waals surface area contributed by atoms with Crippen molar-refractivity contribution in [3.63, 3.8) is 0 Å². The molecule has 1 heterocycles. The molecule has 1 atom stereocenters. The zero-order valence-electron chi connectivity index (χ0n) is 12.9. The number of rotatable bonds is 6. The van der Waals surface area contributed by atoms with Crippen molar-refractivity contribution in [2.75, 3.05) is 6.61 Å². The summed E-state index contributed by atoms with van der Waals surface area (Å²) in [5.74, 6) is 1.59. The Bertz CT molecular complexity index is 608. The molecule has 22 heavy (non-hydrogen) atoms. The van der Waals surface area contributed by atoms with E-state index in [4.69, 9.17) is 14.2 Å². The molecule has 1 unspecified atom stereocenters. The van der Waals surface area contributed by atoms with E-state index in [0.29, 0.717) is 17.4 Å². The van der Waals surface area contributed by atoms with Crippen molar-refractivity contribution >= 4 is 5.97 Å². The predicted octanol–water partition coefficient (Wildman–Crippen LogP) is 3.51. The monoisotopic (exact) mass is 301 g/mol. The van der Waals surface area contributed by atoms with Gasteiger partial charge in [-0.2, -0.15) is 0 Å². The van der Waals surface area contributed by atoms with Gasteiger partial charge in [0.2, 0.25) is 5.88 Å². The van der Waals surface area contributed by atoms with Crippen molar-refractivity contribution in [1.82, 2.24) is 4.98 Å². The maximum absolute atomic E-state index is 10.7. The molecular weight excluding hydrogens is 282 g/mol. The number of hydrogen-bond acceptors (Lipinski definition) is 5. The van der Waals surface area contributed by atoms with Gasteiger partial charge in [0.1, 0.15) is 24.2 Å². The normalized spacial score (nSPS) is 11.6. The zero-order valence-corrected chi connectivity index (χ0v) is 12.9. The zero-order chi connectivity index (χ0) is 15.9. The molecule has 2 aromatic rings. The summed E-state index contributed by atoms with van der Waals surface area (Å²) in [6.07, 6.45) is 1.54. The van der Waals surface area contributed by atoms with Gasteiger partial charge in [0, 0.05) is 19.2 Å². The molecule has 0 fully saturated rings. The summed E-state index contributed by atoms with van der Waals surface area (Å²) in [7, 11) is 0. The van der Waals surface area contributed by atoms with Crippen LogP contribution in [0, 0.1) is 6.92 Å². The summed E-state index contributed by atoms with van der Waals surface area (Å²) in [6.45, 7) is 5.41. The lowest BCUT2D eigenvalue weighted by atomic mass is 10.3. The second-order valence-electron chi connectivity index (χ2n) is 4.98. The Morgan fingerprint density at radius 3 is 2.41 bits per heavy atom. The average molecular weight is 301 g/mol. The van der Waals surface area contributed by atoms with Crippen LogP contribution in [0.3, 0.4) is 0 Å². The highest BCUT2D eigenvalue weighted by Crippen LogP contribution is 2.23. The molecule has 5 heteroatoms. The summed E-state index contributed by atoms with van der Waals surface area (Å²) in [5, 5.41) is 0. The highest BCUT2D eigenvalue weighted by Gasteiger charge is 2.06. The summed E-state index contributed by atoms with van der Waals surface area (Å²) in [4.78, 5) is 14.9. The number of nitrogens with zero attached hydrogens (tertiary/aromatic N) is 1. The van der Waals surface area contributed by atoms with Crippen molar-refractivity contribution in [2.45, 2.75) is 26.9 Å². The van der Waals surface area contributed by atoms with Crippen LogP contribution in [0.2, 0.25) is 0 Å². The highest BCUT2D eigenvalue weighted by molar-refractivity contribution is 5.65. The van der Waals surface area contributed by atoms with Crippen LogP contribution < -0.4 is 9.47 Å². The average Bonchev–Trinajstić information content (AvgIpc) is 2.49. The van der Waals surface area contributed by atoms with Gasteiger partial charge < -0.3 is 14.2 Å². The fourth-order valence-corrected chi connectivity index (χ4v) is 1.72. The Balaban J connectivity index is 1.89.